The quantitative estimate of drug-likeness (QED) is 0.179. The van der Waals surface area contributed by atoms with Gasteiger partial charge in [0.2, 0.25) is 0 Å². The summed E-state index contributed by atoms with van der Waals surface area (Å²) in [5.74, 6) is 0. The standard InChI is InChI=1S/C49H32N2OS/c1-2-11-32(12-3-1)33-21-23-34(24-22-33)50(37-13-10-17-41-40-16-6-9-20-46(40)53-47(41)31-37)35-25-27-36(28-26-35)51-44-18-7-4-14-38(44)42-29-30-43-39-15-5-8-19-45(39)52-49(43)48(42)51/h1-30H,31H2. The van der Waals surface area contributed by atoms with Gasteiger partial charge in [0.05, 0.1) is 11.0 Å². The summed E-state index contributed by atoms with van der Waals surface area (Å²) in [6.07, 6.45) is 7.62. The van der Waals surface area contributed by atoms with E-state index in [0.29, 0.717) is 0 Å². The molecule has 11 rings (SSSR count). The van der Waals surface area contributed by atoms with Crippen LogP contribution in [0.25, 0.3) is 76.7 Å². The van der Waals surface area contributed by atoms with Crippen molar-refractivity contribution in [1.82, 2.24) is 4.57 Å². The van der Waals surface area contributed by atoms with Crippen LogP contribution >= 0.6 is 11.3 Å². The number of nitrogens with zero attached hydrogens (tertiary/aromatic N) is 2. The monoisotopic (exact) mass is 696 g/mol. The van der Waals surface area contributed by atoms with Crippen molar-refractivity contribution < 1.29 is 4.42 Å². The number of benzene rings is 7. The summed E-state index contributed by atoms with van der Waals surface area (Å²) in [6, 6.07) is 58.8. The summed E-state index contributed by atoms with van der Waals surface area (Å²) >= 11 is 1.90. The second-order valence-corrected chi connectivity index (χ2v) is 14.8. The molecule has 3 heterocycles. The van der Waals surface area contributed by atoms with Crippen molar-refractivity contribution >= 4 is 82.6 Å². The largest absolute Gasteiger partial charge is 0.454 e. The fourth-order valence-electron chi connectivity index (χ4n) is 8.23. The lowest BCUT2D eigenvalue weighted by atomic mass is 10.0. The highest BCUT2D eigenvalue weighted by molar-refractivity contribution is 7.19. The maximum absolute atomic E-state index is 6.62. The molecule has 10 aromatic rings. The normalized spacial score (nSPS) is 12.9. The van der Waals surface area contributed by atoms with E-state index in [9.17, 15) is 0 Å². The van der Waals surface area contributed by atoms with Crippen molar-refractivity contribution in [3.05, 3.63) is 192 Å². The number of rotatable bonds is 5. The van der Waals surface area contributed by atoms with E-state index in [4.69, 9.17) is 4.42 Å². The number of para-hydroxylation sites is 2. The van der Waals surface area contributed by atoms with Crippen LogP contribution in [0.4, 0.5) is 11.4 Å². The SMILES string of the molecule is C1=Cc2c(sc3ccccc23)CC(N(c2ccc(-c3ccccc3)cc2)c2ccc(-n3c4ccccc4c4ccc5c6ccccc6oc5c43)cc2)=C1. The molecular formula is C49H32N2OS. The van der Waals surface area contributed by atoms with Crippen molar-refractivity contribution in [2.75, 3.05) is 4.90 Å². The van der Waals surface area contributed by atoms with E-state index in [-0.39, 0.29) is 0 Å². The van der Waals surface area contributed by atoms with Crippen LogP contribution in [0.5, 0.6) is 0 Å². The summed E-state index contributed by atoms with van der Waals surface area (Å²) < 4.78 is 10.3. The van der Waals surface area contributed by atoms with Crippen LogP contribution in [0.2, 0.25) is 0 Å². The highest BCUT2D eigenvalue weighted by atomic mass is 32.1. The molecule has 53 heavy (non-hydrogen) atoms. The van der Waals surface area contributed by atoms with E-state index in [2.05, 4.69) is 185 Å². The third kappa shape index (κ3) is 4.80. The summed E-state index contributed by atoms with van der Waals surface area (Å²) in [5.41, 5.74) is 12.4. The van der Waals surface area contributed by atoms with Gasteiger partial charge in [-0.3, -0.25) is 0 Å². The lowest BCUT2D eigenvalue weighted by Gasteiger charge is -2.28. The molecule has 3 nitrogen and oxygen atoms in total. The number of aromatic nitrogens is 1. The number of fused-ring (bicyclic) bond motifs is 10. The number of allylic oxidation sites excluding steroid dienone is 3. The molecule has 0 bridgehead atoms. The fraction of sp³-hybridized carbons (Fsp3) is 0.0204. The second-order valence-electron chi connectivity index (χ2n) is 13.7. The van der Waals surface area contributed by atoms with Gasteiger partial charge in [0.15, 0.2) is 5.58 Å². The third-order valence-corrected chi connectivity index (χ3v) is 11.9. The molecule has 1 aliphatic carbocycles. The van der Waals surface area contributed by atoms with Gasteiger partial charge in [-0.1, -0.05) is 115 Å². The molecule has 0 atom stereocenters. The Labute approximate surface area is 310 Å². The Morgan fingerprint density at radius 1 is 0.547 bits per heavy atom. The summed E-state index contributed by atoms with van der Waals surface area (Å²) in [7, 11) is 0. The zero-order valence-corrected chi connectivity index (χ0v) is 29.6. The van der Waals surface area contributed by atoms with Gasteiger partial charge in [0, 0.05) is 60.3 Å². The number of furan rings is 1. The van der Waals surface area contributed by atoms with E-state index in [0.717, 1.165) is 56.5 Å². The van der Waals surface area contributed by atoms with Gasteiger partial charge >= 0.3 is 0 Å². The van der Waals surface area contributed by atoms with Gasteiger partial charge in [-0.15, -0.1) is 11.3 Å². The minimum Gasteiger partial charge on any atom is -0.454 e. The smallest absolute Gasteiger partial charge is 0.160 e. The molecule has 0 radical (unpaired) electrons. The lowest BCUT2D eigenvalue weighted by molar-refractivity contribution is 0.671. The summed E-state index contributed by atoms with van der Waals surface area (Å²) in [4.78, 5) is 3.81. The van der Waals surface area contributed by atoms with Crippen LogP contribution in [-0.4, -0.2) is 4.57 Å². The Bertz CT molecular complexity index is 3070. The zero-order valence-electron chi connectivity index (χ0n) is 28.7. The molecule has 250 valence electrons. The molecule has 7 aromatic carbocycles. The van der Waals surface area contributed by atoms with E-state index in [1.807, 2.05) is 17.4 Å². The molecule has 0 unspecified atom stereocenters. The van der Waals surface area contributed by atoms with Crippen LogP contribution < -0.4 is 4.90 Å². The van der Waals surface area contributed by atoms with Crippen molar-refractivity contribution in [1.29, 1.82) is 0 Å². The van der Waals surface area contributed by atoms with Gasteiger partial charge in [0.25, 0.3) is 0 Å². The predicted octanol–water partition coefficient (Wildman–Crippen LogP) is 13.9. The molecule has 1 aliphatic rings. The minimum absolute atomic E-state index is 0.834. The van der Waals surface area contributed by atoms with E-state index < -0.39 is 0 Å². The van der Waals surface area contributed by atoms with Crippen LogP contribution in [0, 0.1) is 0 Å². The van der Waals surface area contributed by atoms with Gasteiger partial charge < -0.3 is 13.9 Å². The first kappa shape index (κ1) is 30.0. The van der Waals surface area contributed by atoms with Gasteiger partial charge in [0.1, 0.15) is 5.58 Å². The topological polar surface area (TPSA) is 21.3 Å². The van der Waals surface area contributed by atoms with Gasteiger partial charge in [-0.25, -0.2) is 0 Å². The highest BCUT2D eigenvalue weighted by Crippen LogP contribution is 2.42. The zero-order chi connectivity index (χ0) is 34.9. The number of hydrogen-bond donors (Lipinski definition) is 0. The Morgan fingerprint density at radius 3 is 2.04 bits per heavy atom. The number of thiophene rings is 1. The van der Waals surface area contributed by atoms with Crippen LogP contribution in [0.1, 0.15) is 10.4 Å². The molecule has 0 aliphatic heterocycles. The average Bonchev–Trinajstić information content (AvgIpc) is 3.83. The Morgan fingerprint density at radius 2 is 1.21 bits per heavy atom. The van der Waals surface area contributed by atoms with Crippen molar-refractivity contribution in [2.24, 2.45) is 0 Å². The molecule has 0 N–H and O–H groups in total. The average molecular weight is 697 g/mol. The Balaban J connectivity index is 1.06. The molecule has 0 spiro atoms. The van der Waals surface area contributed by atoms with Crippen molar-refractivity contribution in [3.8, 4) is 16.8 Å². The lowest BCUT2D eigenvalue weighted by Crippen LogP contribution is -2.18. The van der Waals surface area contributed by atoms with E-state index >= 15 is 0 Å². The maximum Gasteiger partial charge on any atom is 0.160 e. The highest BCUT2D eigenvalue weighted by Gasteiger charge is 2.22. The third-order valence-electron chi connectivity index (χ3n) is 10.7. The van der Waals surface area contributed by atoms with Crippen LogP contribution in [0.15, 0.2) is 186 Å². The van der Waals surface area contributed by atoms with Gasteiger partial charge in [-0.05, 0) is 88.8 Å². The molecule has 3 aromatic heterocycles. The summed E-state index contributed by atoms with van der Waals surface area (Å²) in [6.45, 7) is 0. The van der Waals surface area contributed by atoms with Gasteiger partial charge in [-0.2, -0.15) is 0 Å². The van der Waals surface area contributed by atoms with E-state index in [1.165, 1.54) is 48.1 Å². The second kappa shape index (κ2) is 12.0. The first-order chi connectivity index (χ1) is 26.3. The van der Waals surface area contributed by atoms with Crippen LogP contribution in [0.3, 0.4) is 0 Å². The van der Waals surface area contributed by atoms with Crippen molar-refractivity contribution in [3.63, 3.8) is 0 Å². The Hall–Kier alpha value is -6.62. The number of anilines is 2. The van der Waals surface area contributed by atoms with Crippen LogP contribution in [-0.2, 0) is 6.42 Å². The molecule has 0 saturated heterocycles. The fourth-order valence-corrected chi connectivity index (χ4v) is 9.43. The summed E-state index contributed by atoms with van der Waals surface area (Å²) in [5, 5.41) is 5.99. The molecule has 0 fully saturated rings. The first-order valence-corrected chi connectivity index (χ1v) is 18.9. The molecule has 4 heteroatoms. The first-order valence-electron chi connectivity index (χ1n) is 18.1. The predicted molar refractivity (Wildman–Crippen MR) is 225 cm³/mol. The molecule has 0 saturated carbocycles. The molecular weight excluding hydrogens is 665 g/mol. The van der Waals surface area contributed by atoms with Crippen molar-refractivity contribution in [2.45, 2.75) is 6.42 Å². The molecule has 0 amide bonds. The Kier molecular flexibility index (Phi) is 6.79. The maximum atomic E-state index is 6.62. The minimum atomic E-state index is 0.834. The number of hydrogen-bond acceptors (Lipinski definition) is 3. The van der Waals surface area contributed by atoms with E-state index in [1.54, 1.807) is 0 Å².